The number of ether oxygens (including phenoxy) is 3. The van der Waals surface area contributed by atoms with Crippen LogP contribution in [0.4, 0.5) is 0 Å². The molecule has 0 bridgehead atoms. The van der Waals surface area contributed by atoms with Gasteiger partial charge in [0.05, 0.1) is 32.3 Å². The molecule has 0 spiro atoms. The molecule has 6 heteroatoms. The Kier molecular flexibility index (Phi) is 6.02. The number of hydrogen-bond donors (Lipinski definition) is 0. The normalized spacial score (nSPS) is 27.4. The van der Waals surface area contributed by atoms with Crippen LogP contribution in [0, 0.1) is 0 Å². The largest absolute Gasteiger partial charge is 0.374 e. The maximum Gasteiger partial charge on any atom is 0.327 e. The summed E-state index contributed by atoms with van der Waals surface area (Å²) in [6, 6.07) is 19.8. The minimum atomic E-state index is -0.335. The van der Waals surface area contributed by atoms with E-state index in [0.29, 0.717) is 26.2 Å². The van der Waals surface area contributed by atoms with Gasteiger partial charge in [-0.05, 0) is 18.1 Å². The van der Waals surface area contributed by atoms with E-state index in [-0.39, 0.29) is 30.4 Å². The van der Waals surface area contributed by atoms with Crippen LogP contribution in [0.1, 0.15) is 24.5 Å². The van der Waals surface area contributed by atoms with Crippen LogP contribution < -0.4 is 0 Å². The second kappa shape index (κ2) is 8.84. The van der Waals surface area contributed by atoms with Gasteiger partial charge in [0.2, 0.25) is 0 Å². The lowest BCUT2D eigenvalue weighted by Gasteiger charge is -2.42. The second-order valence-corrected chi connectivity index (χ2v) is 7.13. The number of benzene rings is 2. The number of hydrogen-bond acceptors (Lipinski definition) is 6. The summed E-state index contributed by atoms with van der Waals surface area (Å²) in [6.45, 7) is 3.21. The summed E-state index contributed by atoms with van der Waals surface area (Å²) in [7, 11) is 0. The van der Waals surface area contributed by atoms with Gasteiger partial charge in [0.25, 0.3) is 0 Å². The molecule has 4 atom stereocenters. The first kappa shape index (κ1) is 19.1. The Morgan fingerprint density at radius 2 is 1.64 bits per heavy atom. The van der Waals surface area contributed by atoms with E-state index in [2.05, 4.69) is 0 Å². The molecule has 0 aromatic heterocycles. The highest BCUT2D eigenvalue weighted by atomic mass is 16.8. The Balaban J connectivity index is 1.43. The van der Waals surface area contributed by atoms with Crippen molar-refractivity contribution < 1.29 is 23.8 Å². The van der Waals surface area contributed by atoms with Crippen LogP contribution in [0.15, 0.2) is 60.7 Å². The van der Waals surface area contributed by atoms with Crippen molar-refractivity contribution in [3.05, 3.63) is 71.8 Å². The van der Waals surface area contributed by atoms with E-state index in [1.807, 2.05) is 67.6 Å². The van der Waals surface area contributed by atoms with Crippen molar-refractivity contribution in [1.29, 1.82) is 0 Å². The summed E-state index contributed by atoms with van der Waals surface area (Å²) >= 11 is 0. The molecule has 0 saturated carbocycles. The summed E-state index contributed by atoms with van der Waals surface area (Å²) < 4.78 is 18.2. The van der Waals surface area contributed by atoms with E-state index in [9.17, 15) is 4.79 Å². The molecule has 2 aliphatic rings. The Morgan fingerprint density at radius 3 is 2.32 bits per heavy atom. The van der Waals surface area contributed by atoms with Gasteiger partial charge in [-0.15, -0.1) is 5.06 Å². The van der Waals surface area contributed by atoms with E-state index in [1.165, 1.54) is 0 Å². The standard InChI is InChI=1S/C22H25NO5/c1-16-23-19(12-21(24)28-23)22(26-14-18-10-6-3-7-11-18)20(27-16)15-25-13-17-8-4-2-5-9-17/h2-11,16,19-20,22H,12-15H2,1H3/t16-,19-,20+,22-/m0/s1. The van der Waals surface area contributed by atoms with Gasteiger partial charge in [-0.3, -0.25) is 4.79 Å². The summed E-state index contributed by atoms with van der Waals surface area (Å²) in [5.41, 5.74) is 2.18. The van der Waals surface area contributed by atoms with Crippen LogP contribution >= 0.6 is 0 Å². The number of fused-ring (bicyclic) bond motifs is 1. The van der Waals surface area contributed by atoms with E-state index in [1.54, 1.807) is 5.06 Å². The number of hydroxylamine groups is 2. The Hall–Kier alpha value is -2.25. The van der Waals surface area contributed by atoms with Crippen molar-refractivity contribution in [1.82, 2.24) is 5.06 Å². The molecule has 2 aromatic rings. The summed E-state index contributed by atoms with van der Waals surface area (Å²) in [6.07, 6.45) is -0.641. The lowest BCUT2D eigenvalue weighted by Crippen LogP contribution is -2.58. The molecular formula is C22H25NO5. The quantitative estimate of drug-likeness (QED) is 0.732. The smallest absolute Gasteiger partial charge is 0.327 e. The van der Waals surface area contributed by atoms with Crippen molar-refractivity contribution in [3.8, 4) is 0 Å². The predicted octanol–water partition coefficient (Wildman–Crippen LogP) is 3.07. The summed E-state index contributed by atoms with van der Waals surface area (Å²) in [4.78, 5) is 17.2. The fourth-order valence-electron chi connectivity index (χ4n) is 3.71. The molecule has 2 fully saturated rings. The van der Waals surface area contributed by atoms with E-state index in [4.69, 9.17) is 19.0 Å². The number of carbonyl (C=O) groups excluding carboxylic acids is 1. The lowest BCUT2D eigenvalue weighted by molar-refractivity contribution is -0.306. The zero-order valence-electron chi connectivity index (χ0n) is 15.9. The van der Waals surface area contributed by atoms with E-state index < -0.39 is 0 Å². The molecule has 6 nitrogen and oxygen atoms in total. The summed E-state index contributed by atoms with van der Waals surface area (Å²) in [5.74, 6) is -0.250. The molecule has 28 heavy (non-hydrogen) atoms. The van der Waals surface area contributed by atoms with Crippen LogP contribution in [0.25, 0.3) is 0 Å². The van der Waals surface area contributed by atoms with Gasteiger partial charge in [0.1, 0.15) is 18.4 Å². The Morgan fingerprint density at radius 1 is 1.00 bits per heavy atom. The Bertz CT molecular complexity index is 769. The monoisotopic (exact) mass is 383 g/mol. The molecule has 0 aliphatic carbocycles. The van der Waals surface area contributed by atoms with Crippen molar-refractivity contribution in [3.63, 3.8) is 0 Å². The van der Waals surface area contributed by atoms with Gasteiger partial charge in [0, 0.05) is 0 Å². The first-order chi connectivity index (χ1) is 13.7. The topological polar surface area (TPSA) is 57.2 Å². The highest BCUT2D eigenvalue weighted by Crippen LogP contribution is 2.32. The number of nitrogens with zero attached hydrogens (tertiary/aromatic N) is 1. The van der Waals surface area contributed by atoms with Crippen molar-refractivity contribution >= 4 is 5.97 Å². The van der Waals surface area contributed by atoms with Gasteiger partial charge < -0.3 is 19.0 Å². The van der Waals surface area contributed by atoms with Crippen LogP contribution in [0.3, 0.4) is 0 Å². The SMILES string of the molecule is C[C@@H]1O[C@H](COCc2ccccc2)[C@@H](OCc2ccccc2)[C@@H]2CC(=O)ON12. The highest BCUT2D eigenvalue weighted by Gasteiger charge is 2.50. The molecule has 2 saturated heterocycles. The van der Waals surface area contributed by atoms with Crippen LogP contribution in [0.5, 0.6) is 0 Å². The van der Waals surface area contributed by atoms with Crippen LogP contribution in [0.2, 0.25) is 0 Å². The second-order valence-electron chi connectivity index (χ2n) is 7.13. The molecule has 2 aromatic carbocycles. The van der Waals surface area contributed by atoms with Gasteiger partial charge in [-0.25, -0.2) is 0 Å². The highest BCUT2D eigenvalue weighted by molar-refractivity contribution is 5.71. The zero-order chi connectivity index (χ0) is 19.3. The molecule has 2 heterocycles. The average Bonchev–Trinajstić information content (AvgIpc) is 3.11. The third-order valence-corrected chi connectivity index (χ3v) is 5.06. The third kappa shape index (κ3) is 4.42. The fraction of sp³-hybridized carbons (Fsp3) is 0.409. The first-order valence-corrected chi connectivity index (χ1v) is 9.62. The Labute approximate surface area is 164 Å². The molecule has 0 N–H and O–H groups in total. The maximum atomic E-state index is 11.9. The van der Waals surface area contributed by atoms with Crippen molar-refractivity contribution in [2.24, 2.45) is 0 Å². The molecule has 0 radical (unpaired) electrons. The lowest BCUT2D eigenvalue weighted by atomic mass is 10.0. The molecule has 4 rings (SSSR count). The maximum absolute atomic E-state index is 11.9. The molecule has 0 amide bonds. The van der Waals surface area contributed by atoms with Gasteiger partial charge in [-0.2, -0.15) is 0 Å². The number of carbonyl (C=O) groups is 1. The van der Waals surface area contributed by atoms with Crippen LogP contribution in [-0.4, -0.2) is 42.1 Å². The third-order valence-electron chi connectivity index (χ3n) is 5.06. The van der Waals surface area contributed by atoms with Gasteiger partial charge in [-0.1, -0.05) is 60.7 Å². The first-order valence-electron chi connectivity index (χ1n) is 9.62. The molecular weight excluding hydrogens is 358 g/mol. The van der Waals surface area contributed by atoms with Crippen LogP contribution in [-0.2, 0) is 37.1 Å². The zero-order valence-corrected chi connectivity index (χ0v) is 15.9. The molecule has 2 aliphatic heterocycles. The number of rotatable bonds is 7. The van der Waals surface area contributed by atoms with Gasteiger partial charge in [0.15, 0.2) is 0 Å². The molecule has 148 valence electrons. The summed E-state index contributed by atoms with van der Waals surface area (Å²) in [5, 5.41) is 1.62. The predicted molar refractivity (Wildman–Crippen MR) is 102 cm³/mol. The van der Waals surface area contributed by atoms with E-state index >= 15 is 0 Å². The average molecular weight is 383 g/mol. The van der Waals surface area contributed by atoms with Crippen molar-refractivity contribution in [2.75, 3.05) is 6.61 Å². The molecule has 0 unspecified atom stereocenters. The fourth-order valence-corrected chi connectivity index (χ4v) is 3.71. The van der Waals surface area contributed by atoms with E-state index in [0.717, 1.165) is 11.1 Å². The van der Waals surface area contributed by atoms with Crippen molar-refractivity contribution in [2.45, 2.75) is 51.0 Å². The van der Waals surface area contributed by atoms with Gasteiger partial charge >= 0.3 is 5.97 Å². The minimum absolute atomic E-state index is 0.176. The minimum Gasteiger partial charge on any atom is -0.374 e.